The molecule has 0 amide bonds. The smallest absolute Gasteiger partial charge is 0.306 e. The fraction of sp³-hybridized carbons (Fsp3) is 0.619. The van der Waals surface area contributed by atoms with Gasteiger partial charge >= 0.3 is 11.9 Å². The predicted molar refractivity (Wildman–Crippen MR) is 107 cm³/mol. The first kappa shape index (κ1) is 22.7. The molecule has 0 heterocycles. The van der Waals surface area contributed by atoms with Crippen LogP contribution in [0.5, 0.6) is 0 Å². The van der Waals surface area contributed by atoms with E-state index >= 15 is 0 Å². The molecule has 0 aliphatic rings. The fourth-order valence-electron chi connectivity index (χ4n) is 2.53. The number of carbonyl (C=O) groups excluding carboxylic acids is 2. The molecular weight excluding hydrogens is 396 g/mol. The number of hydrogen-bond acceptors (Lipinski definition) is 4. The van der Waals surface area contributed by atoms with Gasteiger partial charge in [-0.25, -0.2) is 0 Å². The molecule has 0 aromatic heterocycles. The van der Waals surface area contributed by atoms with Crippen LogP contribution in [0.25, 0.3) is 0 Å². The topological polar surface area (TPSA) is 52.6 Å². The van der Waals surface area contributed by atoms with E-state index in [4.69, 9.17) is 9.47 Å². The normalized spacial score (nSPS) is 10.5. The molecule has 0 fully saturated rings. The van der Waals surface area contributed by atoms with E-state index < -0.39 is 0 Å². The molecule has 0 aliphatic carbocycles. The number of carbonyl (C=O) groups is 2. The SMILES string of the molecule is CCCCCCCCCOC(=O)CCC(=O)OCCc1ccc(Br)cc1. The van der Waals surface area contributed by atoms with Crippen LogP contribution in [0.3, 0.4) is 0 Å². The summed E-state index contributed by atoms with van der Waals surface area (Å²) in [6, 6.07) is 7.88. The zero-order valence-electron chi connectivity index (χ0n) is 15.8. The van der Waals surface area contributed by atoms with Gasteiger partial charge in [-0.2, -0.15) is 0 Å². The highest BCUT2D eigenvalue weighted by Gasteiger charge is 2.09. The molecule has 26 heavy (non-hydrogen) atoms. The quantitative estimate of drug-likeness (QED) is 0.286. The molecule has 0 aliphatic heterocycles. The van der Waals surface area contributed by atoms with Gasteiger partial charge in [0.1, 0.15) is 0 Å². The van der Waals surface area contributed by atoms with E-state index in [2.05, 4.69) is 22.9 Å². The molecule has 4 nitrogen and oxygen atoms in total. The van der Waals surface area contributed by atoms with E-state index in [0.717, 1.165) is 22.9 Å². The average Bonchev–Trinajstić information content (AvgIpc) is 2.64. The zero-order chi connectivity index (χ0) is 19.0. The molecule has 0 spiro atoms. The molecule has 1 aromatic rings. The summed E-state index contributed by atoms with van der Waals surface area (Å²) in [6.07, 6.45) is 9.13. The lowest BCUT2D eigenvalue weighted by molar-refractivity contribution is -0.150. The highest BCUT2D eigenvalue weighted by atomic mass is 79.9. The van der Waals surface area contributed by atoms with Crippen LogP contribution in [0.1, 0.15) is 70.3 Å². The van der Waals surface area contributed by atoms with Crippen molar-refractivity contribution in [1.29, 1.82) is 0 Å². The Morgan fingerprint density at radius 3 is 1.96 bits per heavy atom. The number of hydrogen-bond donors (Lipinski definition) is 0. The van der Waals surface area contributed by atoms with Gasteiger partial charge in [0, 0.05) is 10.9 Å². The third-order valence-corrected chi connectivity index (χ3v) is 4.64. The Balaban J connectivity index is 1.97. The summed E-state index contributed by atoms with van der Waals surface area (Å²) < 4.78 is 11.3. The lowest BCUT2D eigenvalue weighted by Gasteiger charge is -2.06. The van der Waals surface area contributed by atoms with Crippen LogP contribution in [-0.4, -0.2) is 25.2 Å². The first-order chi connectivity index (χ1) is 12.6. The average molecular weight is 427 g/mol. The van der Waals surface area contributed by atoms with Crippen LogP contribution in [-0.2, 0) is 25.5 Å². The van der Waals surface area contributed by atoms with E-state index in [1.54, 1.807) is 0 Å². The van der Waals surface area contributed by atoms with Crippen molar-refractivity contribution < 1.29 is 19.1 Å². The van der Waals surface area contributed by atoms with Crippen molar-refractivity contribution in [3.05, 3.63) is 34.3 Å². The summed E-state index contributed by atoms with van der Waals surface area (Å²) in [5.74, 6) is -0.671. The van der Waals surface area contributed by atoms with Gasteiger partial charge in [0.15, 0.2) is 0 Å². The second kappa shape index (κ2) is 14.8. The lowest BCUT2D eigenvalue weighted by Crippen LogP contribution is -2.12. The van der Waals surface area contributed by atoms with Gasteiger partial charge < -0.3 is 9.47 Å². The second-order valence-electron chi connectivity index (χ2n) is 6.44. The Kier molecular flexibility index (Phi) is 12.9. The maximum atomic E-state index is 11.7. The van der Waals surface area contributed by atoms with Crippen LogP contribution in [0.2, 0.25) is 0 Å². The molecule has 0 saturated heterocycles. The van der Waals surface area contributed by atoms with Gasteiger partial charge in [0.05, 0.1) is 26.1 Å². The van der Waals surface area contributed by atoms with Gasteiger partial charge in [0.25, 0.3) is 0 Å². The van der Waals surface area contributed by atoms with Gasteiger partial charge in [-0.3, -0.25) is 9.59 Å². The van der Waals surface area contributed by atoms with E-state index in [0.29, 0.717) is 19.6 Å². The Morgan fingerprint density at radius 2 is 1.35 bits per heavy atom. The van der Waals surface area contributed by atoms with Crippen LogP contribution in [0, 0.1) is 0 Å². The molecule has 0 N–H and O–H groups in total. The Labute approximate surface area is 165 Å². The molecule has 1 aromatic carbocycles. The lowest BCUT2D eigenvalue weighted by atomic mass is 10.1. The van der Waals surface area contributed by atoms with Crippen molar-refractivity contribution in [3.63, 3.8) is 0 Å². The van der Waals surface area contributed by atoms with Crippen molar-refractivity contribution in [2.75, 3.05) is 13.2 Å². The van der Waals surface area contributed by atoms with Crippen molar-refractivity contribution >= 4 is 27.9 Å². The van der Waals surface area contributed by atoms with Crippen molar-refractivity contribution in [3.8, 4) is 0 Å². The molecule has 0 unspecified atom stereocenters. The molecule has 5 heteroatoms. The van der Waals surface area contributed by atoms with Gasteiger partial charge in [-0.05, 0) is 24.1 Å². The maximum absolute atomic E-state index is 11.7. The minimum atomic E-state index is -0.352. The van der Waals surface area contributed by atoms with Gasteiger partial charge in [-0.1, -0.05) is 73.5 Å². The zero-order valence-corrected chi connectivity index (χ0v) is 17.4. The third kappa shape index (κ3) is 12.1. The summed E-state index contributed by atoms with van der Waals surface area (Å²) in [5, 5.41) is 0. The van der Waals surface area contributed by atoms with E-state index in [-0.39, 0.29) is 24.8 Å². The molecule has 0 bridgehead atoms. The number of halogens is 1. The first-order valence-corrected chi connectivity index (χ1v) is 10.5. The number of unbranched alkanes of at least 4 members (excludes halogenated alkanes) is 6. The van der Waals surface area contributed by atoms with Crippen LogP contribution >= 0.6 is 15.9 Å². The third-order valence-electron chi connectivity index (χ3n) is 4.11. The maximum Gasteiger partial charge on any atom is 0.306 e. The Hall–Kier alpha value is -1.36. The summed E-state index contributed by atoms with van der Waals surface area (Å²) in [5.41, 5.74) is 1.11. The molecule has 0 radical (unpaired) electrons. The summed E-state index contributed by atoms with van der Waals surface area (Å²) in [6.45, 7) is 2.98. The van der Waals surface area contributed by atoms with Gasteiger partial charge in [-0.15, -0.1) is 0 Å². The van der Waals surface area contributed by atoms with Crippen LogP contribution < -0.4 is 0 Å². The highest BCUT2D eigenvalue weighted by molar-refractivity contribution is 9.10. The molecule has 0 atom stereocenters. The minimum Gasteiger partial charge on any atom is -0.466 e. The summed E-state index contributed by atoms with van der Waals surface area (Å²) >= 11 is 3.38. The number of benzene rings is 1. The second-order valence-corrected chi connectivity index (χ2v) is 7.35. The number of ether oxygens (including phenoxy) is 2. The molecule has 146 valence electrons. The van der Waals surface area contributed by atoms with E-state index in [1.807, 2.05) is 24.3 Å². The van der Waals surface area contributed by atoms with E-state index in [9.17, 15) is 9.59 Å². The molecule has 1 rings (SSSR count). The van der Waals surface area contributed by atoms with E-state index in [1.165, 1.54) is 32.1 Å². The Morgan fingerprint density at radius 1 is 0.808 bits per heavy atom. The minimum absolute atomic E-state index is 0.0796. The number of rotatable bonds is 14. The largest absolute Gasteiger partial charge is 0.466 e. The highest BCUT2D eigenvalue weighted by Crippen LogP contribution is 2.11. The summed E-state index contributed by atoms with van der Waals surface area (Å²) in [7, 11) is 0. The fourth-order valence-corrected chi connectivity index (χ4v) is 2.79. The Bertz CT molecular complexity index is 513. The predicted octanol–water partition coefficient (Wildman–Crippen LogP) is 5.61. The first-order valence-electron chi connectivity index (χ1n) is 9.67. The molecule has 0 saturated carbocycles. The van der Waals surface area contributed by atoms with Crippen molar-refractivity contribution in [2.45, 2.75) is 71.1 Å². The number of esters is 2. The van der Waals surface area contributed by atoms with Crippen molar-refractivity contribution in [2.24, 2.45) is 0 Å². The standard InChI is InChI=1S/C21H31BrO4/c1-2-3-4-5-6-7-8-16-25-20(23)13-14-21(24)26-17-15-18-9-11-19(22)12-10-18/h9-12H,2-8,13-17H2,1H3. The van der Waals surface area contributed by atoms with Crippen LogP contribution in [0.15, 0.2) is 28.7 Å². The van der Waals surface area contributed by atoms with Crippen LogP contribution in [0.4, 0.5) is 0 Å². The summed E-state index contributed by atoms with van der Waals surface area (Å²) in [4.78, 5) is 23.3. The monoisotopic (exact) mass is 426 g/mol. The van der Waals surface area contributed by atoms with Crippen molar-refractivity contribution in [1.82, 2.24) is 0 Å². The van der Waals surface area contributed by atoms with Gasteiger partial charge in [0.2, 0.25) is 0 Å². The molecular formula is C21H31BrO4.